The highest BCUT2D eigenvalue weighted by molar-refractivity contribution is 5.44. The van der Waals surface area contributed by atoms with E-state index in [4.69, 9.17) is 18.9 Å². The lowest BCUT2D eigenvalue weighted by Gasteiger charge is -2.13. The van der Waals surface area contributed by atoms with E-state index in [0.29, 0.717) is 13.2 Å². The van der Waals surface area contributed by atoms with Gasteiger partial charge in [-0.15, -0.1) is 0 Å². The van der Waals surface area contributed by atoms with Crippen molar-refractivity contribution in [1.82, 2.24) is 5.32 Å². The third-order valence-electron chi connectivity index (χ3n) is 3.98. The topological polar surface area (TPSA) is 49.0 Å². The van der Waals surface area contributed by atoms with E-state index >= 15 is 0 Å². The first-order valence-electron chi connectivity index (χ1n) is 9.01. The van der Waals surface area contributed by atoms with Crippen LogP contribution in [0.15, 0.2) is 36.4 Å². The molecule has 0 saturated carbocycles. The normalized spacial score (nSPS) is 10.5. The van der Waals surface area contributed by atoms with E-state index in [-0.39, 0.29) is 0 Å². The van der Waals surface area contributed by atoms with Gasteiger partial charge in [0.25, 0.3) is 0 Å². The van der Waals surface area contributed by atoms with Crippen molar-refractivity contribution in [3.63, 3.8) is 0 Å². The number of methoxy groups -OCH3 is 2. The third kappa shape index (κ3) is 5.56. The van der Waals surface area contributed by atoms with E-state index in [2.05, 4.69) is 17.4 Å². The minimum absolute atomic E-state index is 0.621. The third-order valence-corrected chi connectivity index (χ3v) is 3.98. The van der Waals surface area contributed by atoms with Gasteiger partial charge in [-0.2, -0.15) is 0 Å². The van der Waals surface area contributed by atoms with Gasteiger partial charge in [0.05, 0.1) is 27.4 Å². The smallest absolute Gasteiger partial charge is 0.161 e. The van der Waals surface area contributed by atoms with E-state index in [0.717, 1.165) is 42.5 Å². The molecule has 26 heavy (non-hydrogen) atoms. The molecule has 0 aliphatic heterocycles. The summed E-state index contributed by atoms with van der Waals surface area (Å²) in [7, 11) is 3.30. The number of hydrogen-bond donors (Lipinski definition) is 1. The average molecular weight is 359 g/mol. The Morgan fingerprint density at radius 1 is 0.731 bits per heavy atom. The Hall–Kier alpha value is -2.40. The lowest BCUT2D eigenvalue weighted by Crippen LogP contribution is -2.16. The fraction of sp³-hybridized carbons (Fsp3) is 0.429. The van der Waals surface area contributed by atoms with Gasteiger partial charge in [-0.1, -0.05) is 12.1 Å². The number of hydrogen-bond acceptors (Lipinski definition) is 5. The van der Waals surface area contributed by atoms with Crippen LogP contribution < -0.4 is 24.3 Å². The maximum atomic E-state index is 5.67. The van der Waals surface area contributed by atoms with Crippen LogP contribution in [-0.4, -0.2) is 34.0 Å². The van der Waals surface area contributed by atoms with E-state index in [1.54, 1.807) is 14.2 Å². The molecule has 0 bridgehead atoms. The molecule has 0 atom stereocenters. The Kier molecular flexibility index (Phi) is 8.09. The molecule has 2 aromatic carbocycles. The van der Waals surface area contributed by atoms with Crippen molar-refractivity contribution in [3.8, 4) is 23.0 Å². The molecule has 2 rings (SSSR count). The average Bonchev–Trinajstić information content (AvgIpc) is 2.67. The number of nitrogens with one attached hydrogen (secondary N) is 1. The van der Waals surface area contributed by atoms with Gasteiger partial charge in [0.15, 0.2) is 23.0 Å². The second-order valence-corrected chi connectivity index (χ2v) is 5.76. The molecule has 0 aliphatic rings. The van der Waals surface area contributed by atoms with Crippen molar-refractivity contribution >= 4 is 0 Å². The first-order valence-corrected chi connectivity index (χ1v) is 9.01. The number of ether oxygens (including phenoxy) is 4. The van der Waals surface area contributed by atoms with Crippen LogP contribution >= 0.6 is 0 Å². The summed E-state index contributed by atoms with van der Waals surface area (Å²) in [5, 5.41) is 3.47. The predicted octanol–water partition coefficient (Wildman–Crippen LogP) is 3.83. The quantitative estimate of drug-likeness (QED) is 0.618. The molecule has 0 spiro atoms. The molecule has 5 nitrogen and oxygen atoms in total. The second-order valence-electron chi connectivity index (χ2n) is 5.76. The summed E-state index contributed by atoms with van der Waals surface area (Å²) in [6.45, 7) is 6.84. The Balaban J connectivity index is 1.88. The van der Waals surface area contributed by atoms with Gasteiger partial charge in [-0.25, -0.2) is 0 Å². The highest BCUT2D eigenvalue weighted by Crippen LogP contribution is 2.29. The summed E-state index contributed by atoms with van der Waals surface area (Å²) in [6, 6.07) is 12.1. The maximum absolute atomic E-state index is 5.67. The molecule has 0 amide bonds. The number of benzene rings is 2. The van der Waals surface area contributed by atoms with Crippen LogP contribution in [0, 0.1) is 0 Å². The van der Waals surface area contributed by atoms with Crippen molar-refractivity contribution < 1.29 is 18.9 Å². The number of rotatable bonds is 11. The first kappa shape index (κ1) is 19.9. The van der Waals surface area contributed by atoms with E-state index in [9.17, 15) is 0 Å². The van der Waals surface area contributed by atoms with Crippen LogP contribution in [0.25, 0.3) is 0 Å². The fourth-order valence-electron chi connectivity index (χ4n) is 2.71. The Morgan fingerprint density at radius 3 is 2.04 bits per heavy atom. The van der Waals surface area contributed by atoms with E-state index in [1.165, 1.54) is 11.1 Å². The Bertz CT molecular complexity index is 688. The van der Waals surface area contributed by atoms with Crippen molar-refractivity contribution in [2.24, 2.45) is 0 Å². The van der Waals surface area contributed by atoms with Gasteiger partial charge in [-0.3, -0.25) is 0 Å². The minimum Gasteiger partial charge on any atom is -0.493 e. The molecule has 0 radical (unpaired) electrons. The summed E-state index contributed by atoms with van der Waals surface area (Å²) in [6.07, 6.45) is 0.912. The van der Waals surface area contributed by atoms with Crippen LogP contribution in [0.2, 0.25) is 0 Å². The molecule has 0 aromatic heterocycles. The van der Waals surface area contributed by atoms with Crippen molar-refractivity contribution in [2.45, 2.75) is 26.8 Å². The fourth-order valence-corrected chi connectivity index (χ4v) is 2.71. The van der Waals surface area contributed by atoms with Gasteiger partial charge >= 0.3 is 0 Å². The Labute approximate surface area is 156 Å². The zero-order chi connectivity index (χ0) is 18.8. The van der Waals surface area contributed by atoms with E-state index in [1.807, 2.05) is 38.1 Å². The molecule has 5 heteroatoms. The molecule has 142 valence electrons. The van der Waals surface area contributed by atoms with Gasteiger partial charge in [0.2, 0.25) is 0 Å². The molecule has 0 saturated heterocycles. The molecule has 0 aliphatic carbocycles. The predicted molar refractivity (Wildman–Crippen MR) is 104 cm³/mol. The maximum Gasteiger partial charge on any atom is 0.161 e. The van der Waals surface area contributed by atoms with E-state index < -0.39 is 0 Å². The summed E-state index contributed by atoms with van der Waals surface area (Å²) >= 11 is 0. The van der Waals surface area contributed by atoms with Crippen LogP contribution in [-0.2, 0) is 13.0 Å². The summed E-state index contributed by atoms with van der Waals surface area (Å²) in [5.74, 6) is 3.11. The lowest BCUT2D eigenvalue weighted by atomic mass is 10.1. The molecular formula is C21H29NO4. The van der Waals surface area contributed by atoms with Crippen LogP contribution in [0.3, 0.4) is 0 Å². The second kappa shape index (κ2) is 10.6. The van der Waals surface area contributed by atoms with Crippen molar-refractivity contribution in [1.29, 1.82) is 0 Å². The molecule has 0 heterocycles. The minimum atomic E-state index is 0.621. The van der Waals surface area contributed by atoms with Gasteiger partial charge in [-0.05, 0) is 62.2 Å². The Morgan fingerprint density at radius 2 is 1.35 bits per heavy atom. The zero-order valence-corrected chi connectivity index (χ0v) is 16.1. The first-order chi connectivity index (χ1) is 12.7. The zero-order valence-electron chi connectivity index (χ0n) is 16.1. The standard InChI is InChI=1S/C21H29NO4/c1-5-25-19-10-8-17(14-21(19)26-6-2)15-22-12-11-16-7-9-18(23-3)20(13-16)24-4/h7-10,13-14,22H,5-6,11-12,15H2,1-4H3. The highest BCUT2D eigenvalue weighted by atomic mass is 16.5. The lowest BCUT2D eigenvalue weighted by molar-refractivity contribution is 0.287. The van der Waals surface area contributed by atoms with Gasteiger partial charge in [0.1, 0.15) is 0 Å². The summed E-state index contributed by atoms with van der Waals surface area (Å²) < 4.78 is 21.9. The van der Waals surface area contributed by atoms with Gasteiger partial charge in [0, 0.05) is 6.54 Å². The van der Waals surface area contributed by atoms with Crippen molar-refractivity contribution in [2.75, 3.05) is 34.0 Å². The van der Waals surface area contributed by atoms with Crippen LogP contribution in [0.1, 0.15) is 25.0 Å². The van der Waals surface area contributed by atoms with Gasteiger partial charge < -0.3 is 24.3 Å². The van der Waals surface area contributed by atoms with Crippen LogP contribution in [0.4, 0.5) is 0 Å². The van der Waals surface area contributed by atoms with Crippen LogP contribution in [0.5, 0.6) is 23.0 Å². The molecular weight excluding hydrogens is 330 g/mol. The summed E-state index contributed by atoms with van der Waals surface area (Å²) in [5.41, 5.74) is 2.38. The SMILES string of the molecule is CCOc1ccc(CNCCc2ccc(OC)c(OC)c2)cc1OCC. The largest absolute Gasteiger partial charge is 0.493 e. The molecule has 0 fully saturated rings. The molecule has 0 unspecified atom stereocenters. The van der Waals surface area contributed by atoms with Crippen molar-refractivity contribution in [3.05, 3.63) is 47.5 Å². The highest BCUT2D eigenvalue weighted by Gasteiger charge is 2.07. The monoisotopic (exact) mass is 359 g/mol. The molecule has 1 N–H and O–H groups in total. The summed E-state index contributed by atoms with van der Waals surface area (Å²) in [4.78, 5) is 0. The molecule has 2 aromatic rings.